The van der Waals surface area contributed by atoms with Crippen LogP contribution in [0.25, 0.3) is 11.0 Å². The monoisotopic (exact) mass is 276 g/mol. The van der Waals surface area contributed by atoms with Gasteiger partial charge in [-0.3, -0.25) is 0 Å². The molecule has 1 aromatic heterocycles. The number of carboxylic acids is 1. The molecule has 0 aliphatic carbocycles. The van der Waals surface area contributed by atoms with Gasteiger partial charge in [-0.2, -0.15) is 0 Å². The molecule has 1 aliphatic rings. The Morgan fingerprint density at radius 3 is 3.00 bits per heavy atom. The molecule has 1 aliphatic heterocycles. The van der Waals surface area contributed by atoms with Crippen LogP contribution in [0, 0.1) is 0 Å². The number of hydrogen-bond donors (Lipinski definition) is 2. The standard InChI is InChI=1S/C14H16N2O4/c17-6-5-16-11-4-3-9(14(18)19)8-10(11)15-13(16)12-2-1-7-20-12/h3-4,8,12,17H,1-2,5-7H2,(H,18,19). The highest BCUT2D eigenvalue weighted by molar-refractivity contribution is 5.92. The van der Waals surface area contributed by atoms with Crippen molar-refractivity contribution in [3.05, 3.63) is 29.6 Å². The maximum absolute atomic E-state index is 11.0. The molecule has 0 amide bonds. The summed E-state index contributed by atoms with van der Waals surface area (Å²) in [5.74, 6) is -0.198. The third kappa shape index (κ3) is 2.17. The number of ether oxygens (including phenoxy) is 1. The molecule has 2 N–H and O–H groups in total. The Morgan fingerprint density at radius 2 is 2.35 bits per heavy atom. The lowest BCUT2D eigenvalue weighted by atomic mass is 10.2. The van der Waals surface area contributed by atoms with E-state index in [0.717, 1.165) is 24.2 Å². The molecule has 1 aromatic carbocycles. The smallest absolute Gasteiger partial charge is 0.335 e. The van der Waals surface area contributed by atoms with Crippen molar-refractivity contribution in [1.29, 1.82) is 0 Å². The number of aromatic nitrogens is 2. The normalized spacial score (nSPS) is 18.8. The number of aromatic carboxylic acids is 1. The van der Waals surface area contributed by atoms with Gasteiger partial charge in [0.25, 0.3) is 0 Å². The first-order valence-electron chi connectivity index (χ1n) is 6.66. The molecule has 0 saturated carbocycles. The minimum absolute atomic E-state index is 0.00582. The van der Waals surface area contributed by atoms with Crippen LogP contribution in [0.4, 0.5) is 0 Å². The van der Waals surface area contributed by atoms with Gasteiger partial charge in [0, 0.05) is 13.2 Å². The van der Waals surface area contributed by atoms with Gasteiger partial charge in [0.2, 0.25) is 0 Å². The third-order valence-corrected chi connectivity index (χ3v) is 3.57. The quantitative estimate of drug-likeness (QED) is 0.885. The van der Waals surface area contributed by atoms with Crippen LogP contribution in [-0.2, 0) is 11.3 Å². The van der Waals surface area contributed by atoms with Gasteiger partial charge in [0.1, 0.15) is 11.9 Å². The Bertz CT molecular complexity index is 644. The maximum Gasteiger partial charge on any atom is 0.335 e. The molecule has 6 nitrogen and oxygen atoms in total. The molecule has 1 fully saturated rings. The first-order valence-corrected chi connectivity index (χ1v) is 6.66. The van der Waals surface area contributed by atoms with E-state index in [9.17, 15) is 9.90 Å². The average Bonchev–Trinajstić information content (AvgIpc) is 3.06. The number of hydrogen-bond acceptors (Lipinski definition) is 4. The summed E-state index contributed by atoms with van der Waals surface area (Å²) in [6.07, 6.45) is 1.83. The van der Waals surface area contributed by atoms with E-state index in [0.29, 0.717) is 18.7 Å². The molecule has 1 unspecified atom stereocenters. The number of benzene rings is 1. The summed E-state index contributed by atoms with van der Waals surface area (Å²) in [6, 6.07) is 4.85. The number of carbonyl (C=O) groups is 1. The van der Waals surface area contributed by atoms with Crippen molar-refractivity contribution in [3.63, 3.8) is 0 Å². The summed E-state index contributed by atoms with van der Waals surface area (Å²) < 4.78 is 7.57. The maximum atomic E-state index is 11.0. The summed E-state index contributed by atoms with van der Waals surface area (Å²) in [7, 11) is 0. The Morgan fingerprint density at radius 1 is 1.50 bits per heavy atom. The lowest BCUT2D eigenvalue weighted by Crippen LogP contribution is -2.10. The molecule has 106 valence electrons. The molecule has 0 spiro atoms. The van der Waals surface area contributed by atoms with Crippen molar-refractivity contribution in [2.75, 3.05) is 13.2 Å². The van der Waals surface area contributed by atoms with Crippen LogP contribution in [0.2, 0.25) is 0 Å². The van der Waals surface area contributed by atoms with Gasteiger partial charge in [-0.1, -0.05) is 0 Å². The van der Waals surface area contributed by atoms with Crippen molar-refractivity contribution in [2.24, 2.45) is 0 Å². The number of carboxylic acid groups (broad SMARTS) is 1. The molecule has 1 atom stereocenters. The fourth-order valence-electron chi connectivity index (χ4n) is 2.64. The Balaban J connectivity index is 2.12. The minimum Gasteiger partial charge on any atom is -0.478 e. The minimum atomic E-state index is -0.970. The van der Waals surface area contributed by atoms with E-state index in [-0.39, 0.29) is 18.3 Å². The third-order valence-electron chi connectivity index (χ3n) is 3.57. The molecule has 2 heterocycles. The second kappa shape index (κ2) is 5.22. The van der Waals surface area contributed by atoms with Crippen LogP contribution >= 0.6 is 0 Å². The summed E-state index contributed by atoms with van der Waals surface area (Å²) >= 11 is 0. The van der Waals surface area contributed by atoms with Gasteiger partial charge in [-0.25, -0.2) is 9.78 Å². The number of nitrogens with zero attached hydrogens (tertiary/aromatic N) is 2. The van der Waals surface area contributed by atoms with E-state index in [1.54, 1.807) is 18.2 Å². The average molecular weight is 276 g/mol. The Hall–Kier alpha value is -1.92. The fourth-order valence-corrected chi connectivity index (χ4v) is 2.64. The highest BCUT2D eigenvalue weighted by atomic mass is 16.5. The van der Waals surface area contributed by atoms with E-state index >= 15 is 0 Å². The van der Waals surface area contributed by atoms with E-state index in [2.05, 4.69) is 4.98 Å². The largest absolute Gasteiger partial charge is 0.478 e. The Kier molecular flexibility index (Phi) is 3.42. The van der Waals surface area contributed by atoms with Crippen molar-refractivity contribution in [1.82, 2.24) is 9.55 Å². The fraction of sp³-hybridized carbons (Fsp3) is 0.429. The van der Waals surface area contributed by atoms with Gasteiger partial charge in [-0.15, -0.1) is 0 Å². The number of fused-ring (bicyclic) bond motifs is 1. The first-order chi connectivity index (χ1) is 9.70. The lowest BCUT2D eigenvalue weighted by Gasteiger charge is -2.12. The number of rotatable bonds is 4. The van der Waals surface area contributed by atoms with Crippen LogP contribution in [0.1, 0.15) is 35.1 Å². The second-order valence-electron chi connectivity index (χ2n) is 4.86. The Labute approximate surface area is 115 Å². The van der Waals surface area contributed by atoms with Gasteiger partial charge >= 0.3 is 5.97 Å². The number of aliphatic hydroxyl groups excluding tert-OH is 1. The molecule has 6 heteroatoms. The van der Waals surface area contributed by atoms with Crippen molar-refractivity contribution >= 4 is 17.0 Å². The summed E-state index contributed by atoms with van der Waals surface area (Å²) in [5.41, 5.74) is 1.67. The zero-order valence-electron chi connectivity index (χ0n) is 11.0. The zero-order chi connectivity index (χ0) is 14.1. The van der Waals surface area contributed by atoms with E-state index in [4.69, 9.17) is 9.84 Å². The lowest BCUT2D eigenvalue weighted by molar-refractivity contribution is 0.0697. The van der Waals surface area contributed by atoms with Crippen LogP contribution in [0.5, 0.6) is 0 Å². The molecule has 20 heavy (non-hydrogen) atoms. The van der Waals surface area contributed by atoms with Gasteiger partial charge in [-0.05, 0) is 31.0 Å². The summed E-state index contributed by atoms with van der Waals surface area (Å²) in [5, 5.41) is 18.3. The van der Waals surface area contributed by atoms with Gasteiger partial charge in [0.05, 0.1) is 23.2 Å². The highest BCUT2D eigenvalue weighted by Gasteiger charge is 2.24. The van der Waals surface area contributed by atoms with Crippen LogP contribution in [0.15, 0.2) is 18.2 Å². The van der Waals surface area contributed by atoms with Crippen LogP contribution in [0.3, 0.4) is 0 Å². The predicted molar refractivity (Wildman–Crippen MR) is 71.7 cm³/mol. The molecule has 0 radical (unpaired) electrons. The zero-order valence-corrected chi connectivity index (χ0v) is 11.0. The topological polar surface area (TPSA) is 84.6 Å². The molecular weight excluding hydrogens is 260 g/mol. The number of aliphatic hydroxyl groups is 1. The van der Waals surface area contributed by atoms with Crippen LogP contribution in [-0.4, -0.2) is 38.9 Å². The SMILES string of the molecule is O=C(O)c1ccc2c(c1)nc(C1CCCO1)n2CCO. The van der Waals surface area contributed by atoms with E-state index in [1.807, 2.05) is 4.57 Å². The predicted octanol–water partition coefficient (Wildman–Crippen LogP) is 1.58. The first kappa shape index (κ1) is 13.1. The molecule has 3 rings (SSSR count). The van der Waals surface area contributed by atoms with Crippen molar-refractivity contribution in [2.45, 2.75) is 25.5 Å². The molecular formula is C14H16N2O4. The highest BCUT2D eigenvalue weighted by Crippen LogP contribution is 2.30. The molecule has 2 aromatic rings. The second-order valence-corrected chi connectivity index (χ2v) is 4.86. The number of imidazole rings is 1. The summed E-state index contributed by atoms with van der Waals surface area (Å²) in [6.45, 7) is 1.15. The summed E-state index contributed by atoms with van der Waals surface area (Å²) in [4.78, 5) is 15.5. The van der Waals surface area contributed by atoms with Crippen molar-refractivity contribution < 1.29 is 19.7 Å². The van der Waals surface area contributed by atoms with Gasteiger partial charge in [0.15, 0.2) is 0 Å². The van der Waals surface area contributed by atoms with Crippen LogP contribution < -0.4 is 0 Å². The van der Waals surface area contributed by atoms with Gasteiger partial charge < -0.3 is 19.5 Å². The molecule has 1 saturated heterocycles. The van der Waals surface area contributed by atoms with E-state index in [1.165, 1.54) is 0 Å². The van der Waals surface area contributed by atoms with E-state index < -0.39 is 5.97 Å². The van der Waals surface area contributed by atoms with Crippen molar-refractivity contribution in [3.8, 4) is 0 Å². The molecule has 0 bridgehead atoms.